The predicted molar refractivity (Wildman–Crippen MR) is 90.2 cm³/mol. The Morgan fingerprint density at radius 3 is 2.42 bits per heavy atom. The summed E-state index contributed by atoms with van der Waals surface area (Å²) in [5, 5.41) is 11.2. The standard InChI is InChI=1S/C17H23ClN2O4/c1-10(2)14(21)13(18)16(22)20-17(23)24-15(11(3)19(20)4)12-8-6-5-7-9-12/h5-11,13-15,21H,1-4H3/t11-,13-,14+,15-/m0/s1. The van der Waals surface area contributed by atoms with E-state index in [4.69, 9.17) is 16.3 Å². The number of likely N-dealkylation sites (N-methyl/N-ethyl adjacent to an activating group) is 1. The molecule has 2 amide bonds. The van der Waals surface area contributed by atoms with Crippen LogP contribution in [0.4, 0.5) is 4.79 Å². The van der Waals surface area contributed by atoms with E-state index in [-0.39, 0.29) is 12.0 Å². The smallest absolute Gasteiger partial charge is 0.432 e. The van der Waals surface area contributed by atoms with Gasteiger partial charge in [0.2, 0.25) is 0 Å². The van der Waals surface area contributed by atoms with Crippen LogP contribution in [0.3, 0.4) is 0 Å². The van der Waals surface area contributed by atoms with Crippen molar-refractivity contribution in [2.75, 3.05) is 7.05 Å². The van der Waals surface area contributed by atoms with E-state index >= 15 is 0 Å². The molecule has 0 saturated carbocycles. The summed E-state index contributed by atoms with van der Waals surface area (Å²) in [5.41, 5.74) is 0.849. The predicted octanol–water partition coefficient (Wildman–Crippen LogP) is 2.57. The summed E-state index contributed by atoms with van der Waals surface area (Å²) >= 11 is 6.07. The average molecular weight is 355 g/mol. The highest BCUT2D eigenvalue weighted by atomic mass is 35.5. The van der Waals surface area contributed by atoms with E-state index in [0.717, 1.165) is 10.6 Å². The number of alkyl halides is 1. The zero-order valence-corrected chi connectivity index (χ0v) is 15.0. The van der Waals surface area contributed by atoms with Crippen molar-refractivity contribution in [1.29, 1.82) is 0 Å². The van der Waals surface area contributed by atoms with Crippen LogP contribution in [0.5, 0.6) is 0 Å². The molecule has 1 aromatic rings. The van der Waals surface area contributed by atoms with E-state index in [1.54, 1.807) is 20.9 Å². The molecule has 1 aromatic carbocycles. The van der Waals surface area contributed by atoms with Gasteiger partial charge in [0, 0.05) is 7.05 Å². The van der Waals surface area contributed by atoms with Gasteiger partial charge in [0.25, 0.3) is 5.91 Å². The molecule has 6 nitrogen and oxygen atoms in total. The maximum atomic E-state index is 12.5. The first-order valence-electron chi connectivity index (χ1n) is 7.90. The lowest BCUT2D eigenvalue weighted by Gasteiger charge is -2.43. The van der Waals surface area contributed by atoms with E-state index in [1.807, 2.05) is 37.3 Å². The molecule has 1 N–H and O–H groups in total. The molecule has 0 radical (unpaired) electrons. The van der Waals surface area contributed by atoms with Gasteiger partial charge in [0.05, 0.1) is 12.1 Å². The Bertz CT molecular complexity index is 596. The molecule has 1 saturated heterocycles. The number of cyclic esters (lactones) is 1. The van der Waals surface area contributed by atoms with Gasteiger partial charge < -0.3 is 9.84 Å². The summed E-state index contributed by atoms with van der Waals surface area (Å²) in [4.78, 5) is 24.9. The maximum absolute atomic E-state index is 12.5. The molecular formula is C17H23ClN2O4. The Labute approximate surface area is 146 Å². The molecule has 132 valence electrons. The lowest BCUT2D eigenvalue weighted by Crippen LogP contribution is -2.61. The molecule has 1 aliphatic rings. The average Bonchev–Trinajstić information content (AvgIpc) is 2.57. The Balaban J connectivity index is 2.20. The van der Waals surface area contributed by atoms with E-state index in [2.05, 4.69) is 0 Å². The number of carbonyl (C=O) groups is 2. The number of imide groups is 1. The van der Waals surface area contributed by atoms with Crippen LogP contribution in [0.2, 0.25) is 0 Å². The van der Waals surface area contributed by atoms with Gasteiger partial charge in [-0.1, -0.05) is 44.2 Å². The third kappa shape index (κ3) is 3.55. The quantitative estimate of drug-likeness (QED) is 0.841. The number of ether oxygens (including phenoxy) is 1. The van der Waals surface area contributed by atoms with Crippen LogP contribution in [0, 0.1) is 5.92 Å². The highest BCUT2D eigenvalue weighted by molar-refractivity contribution is 6.32. The van der Waals surface area contributed by atoms with E-state index in [1.165, 1.54) is 5.01 Å². The van der Waals surface area contributed by atoms with Crippen molar-refractivity contribution in [3.63, 3.8) is 0 Å². The molecule has 1 aliphatic heterocycles. The molecule has 1 heterocycles. The SMILES string of the molecule is CC(C)[C@@H](O)[C@H](Cl)C(=O)N1C(=O)O[C@H](c2ccccc2)[C@H](C)N1C. The topological polar surface area (TPSA) is 70.1 Å². The summed E-state index contributed by atoms with van der Waals surface area (Å²) in [7, 11) is 1.63. The molecule has 1 fully saturated rings. The minimum atomic E-state index is -1.22. The molecule has 24 heavy (non-hydrogen) atoms. The van der Waals surface area contributed by atoms with E-state index < -0.39 is 29.6 Å². The van der Waals surface area contributed by atoms with Gasteiger partial charge in [-0.2, -0.15) is 5.01 Å². The van der Waals surface area contributed by atoms with Crippen LogP contribution in [0.15, 0.2) is 30.3 Å². The number of hydrogen-bond donors (Lipinski definition) is 1. The fourth-order valence-corrected chi connectivity index (χ4v) is 2.98. The number of aliphatic hydroxyl groups is 1. The monoisotopic (exact) mass is 354 g/mol. The first-order chi connectivity index (χ1) is 11.3. The number of hydrogen-bond acceptors (Lipinski definition) is 5. The van der Waals surface area contributed by atoms with Crippen molar-refractivity contribution in [1.82, 2.24) is 10.0 Å². The molecule has 2 rings (SSSR count). The van der Waals surface area contributed by atoms with Gasteiger partial charge in [0.1, 0.15) is 11.5 Å². The summed E-state index contributed by atoms with van der Waals surface area (Å²) in [6, 6.07) is 9.07. The highest BCUT2D eigenvalue weighted by Crippen LogP contribution is 2.31. The van der Waals surface area contributed by atoms with Crippen LogP contribution in [0.1, 0.15) is 32.4 Å². The van der Waals surface area contributed by atoms with Crippen LogP contribution < -0.4 is 0 Å². The fourth-order valence-electron chi connectivity index (χ4n) is 2.60. The number of amides is 2. The maximum Gasteiger partial charge on any atom is 0.432 e. The lowest BCUT2D eigenvalue weighted by atomic mass is 10.0. The third-order valence-corrected chi connectivity index (χ3v) is 4.74. The molecule has 0 spiro atoms. The Morgan fingerprint density at radius 1 is 1.29 bits per heavy atom. The zero-order chi connectivity index (χ0) is 18.0. The summed E-state index contributed by atoms with van der Waals surface area (Å²) in [5.74, 6) is -0.902. The van der Waals surface area contributed by atoms with Crippen LogP contribution in [-0.4, -0.2) is 51.7 Å². The first-order valence-corrected chi connectivity index (χ1v) is 8.33. The molecule has 0 aliphatic carbocycles. The minimum Gasteiger partial charge on any atom is -0.438 e. The van der Waals surface area contributed by atoms with Crippen molar-refractivity contribution in [2.24, 2.45) is 5.92 Å². The Kier molecular flexibility index (Phi) is 5.85. The number of rotatable bonds is 4. The summed E-state index contributed by atoms with van der Waals surface area (Å²) < 4.78 is 5.46. The number of aliphatic hydroxyl groups excluding tert-OH is 1. The van der Waals surface area contributed by atoms with Crippen molar-refractivity contribution >= 4 is 23.6 Å². The second kappa shape index (κ2) is 7.51. The molecule has 4 atom stereocenters. The number of hydrazine groups is 1. The van der Waals surface area contributed by atoms with Gasteiger partial charge in [-0.05, 0) is 18.4 Å². The number of benzene rings is 1. The summed E-state index contributed by atoms with van der Waals surface area (Å²) in [6.07, 6.45) is -2.34. The lowest BCUT2D eigenvalue weighted by molar-refractivity contribution is -0.164. The summed E-state index contributed by atoms with van der Waals surface area (Å²) in [6.45, 7) is 5.35. The normalized spacial score (nSPS) is 24.6. The van der Waals surface area contributed by atoms with Crippen molar-refractivity contribution in [3.05, 3.63) is 35.9 Å². The third-order valence-electron chi connectivity index (χ3n) is 4.30. The largest absolute Gasteiger partial charge is 0.438 e. The van der Waals surface area contributed by atoms with Crippen LogP contribution in [-0.2, 0) is 9.53 Å². The van der Waals surface area contributed by atoms with Crippen LogP contribution in [0.25, 0.3) is 0 Å². The molecular weight excluding hydrogens is 332 g/mol. The van der Waals surface area contributed by atoms with Crippen molar-refractivity contribution in [2.45, 2.75) is 44.4 Å². The minimum absolute atomic E-state index is 0.211. The molecule has 7 heteroatoms. The van der Waals surface area contributed by atoms with Crippen molar-refractivity contribution in [3.8, 4) is 0 Å². The second-order valence-electron chi connectivity index (χ2n) is 6.32. The van der Waals surface area contributed by atoms with E-state index in [9.17, 15) is 14.7 Å². The highest BCUT2D eigenvalue weighted by Gasteiger charge is 2.44. The Hall–Kier alpha value is -1.63. The molecule has 0 bridgehead atoms. The first kappa shape index (κ1) is 18.7. The molecule has 0 aromatic heterocycles. The van der Waals surface area contributed by atoms with E-state index in [0.29, 0.717) is 0 Å². The number of nitrogens with zero attached hydrogens (tertiary/aromatic N) is 2. The number of halogens is 1. The second-order valence-corrected chi connectivity index (χ2v) is 6.79. The molecule has 0 unspecified atom stereocenters. The number of carbonyl (C=O) groups excluding carboxylic acids is 2. The fraction of sp³-hybridized carbons (Fsp3) is 0.529. The van der Waals surface area contributed by atoms with Gasteiger partial charge in [-0.25, -0.2) is 9.80 Å². The zero-order valence-electron chi connectivity index (χ0n) is 14.2. The Morgan fingerprint density at radius 2 is 1.88 bits per heavy atom. The van der Waals surface area contributed by atoms with Gasteiger partial charge >= 0.3 is 6.09 Å². The van der Waals surface area contributed by atoms with Crippen LogP contribution >= 0.6 is 11.6 Å². The van der Waals surface area contributed by atoms with Gasteiger partial charge in [-0.15, -0.1) is 11.6 Å². The van der Waals surface area contributed by atoms with Crippen molar-refractivity contribution < 1.29 is 19.4 Å². The van der Waals surface area contributed by atoms with Gasteiger partial charge in [-0.3, -0.25) is 4.79 Å². The van der Waals surface area contributed by atoms with Gasteiger partial charge in [0.15, 0.2) is 0 Å².